The Morgan fingerprint density at radius 3 is 2.30 bits per heavy atom. The zero-order valence-electron chi connectivity index (χ0n) is 27.9. The fraction of sp³-hybridized carbons (Fsp3) is 0.359. The maximum absolute atomic E-state index is 13.4. The van der Waals surface area contributed by atoms with Gasteiger partial charge < -0.3 is 23.7 Å². The van der Waals surface area contributed by atoms with Gasteiger partial charge in [-0.25, -0.2) is 9.78 Å². The van der Waals surface area contributed by atoms with E-state index in [9.17, 15) is 9.59 Å². The SMILES string of the molecule is COCc1c(C(=O)OC(C)C)ncc2c1c1cc(OCc3ccccc3)ccc1n2CC(=O)CCCCN(C)CCc1ccccc1. The highest BCUT2D eigenvalue weighted by molar-refractivity contribution is 6.12. The van der Waals surface area contributed by atoms with Gasteiger partial charge in [0.2, 0.25) is 0 Å². The number of Topliss-reactive ketones (excluding diaryl/α,β-unsaturated/α-hetero) is 1. The molecule has 2 aromatic heterocycles. The third-order valence-corrected chi connectivity index (χ3v) is 8.26. The van der Waals surface area contributed by atoms with Gasteiger partial charge in [-0.15, -0.1) is 0 Å². The average Bonchev–Trinajstić information content (AvgIpc) is 3.38. The number of pyridine rings is 1. The van der Waals surface area contributed by atoms with Crippen molar-refractivity contribution in [2.24, 2.45) is 0 Å². The molecule has 0 saturated carbocycles. The zero-order valence-corrected chi connectivity index (χ0v) is 27.9. The molecule has 0 bridgehead atoms. The summed E-state index contributed by atoms with van der Waals surface area (Å²) in [5.74, 6) is 0.336. The number of aromatic nitrogens is 2. The van der Waals surface area contributed by atoms with Crippen LogP contribution >= 0.6 is 0 Å². The lowest BCUT2D eigenvalue weighted by molar-refractivity contribution is -0.119. The van der Waals surface area contributed by atoms with Gasteiger partial charge in [-0.2, -0.15) is 0 Å². The molecule has 0 aliphatic carbocycles. The molecule has 8 nitrogen and oxygen atoms in total. The van der Waals surface area contributed by atoms with Gasteiger partial charge in [0, 0.05) is 41.9 Å². The van der Waals surface area contributed by atoms with Crippen molar-refractivity contribution in [3.8, 4) is 5.75 Å². The van der Waals surface area contributed by atoms with Crippen molar-refractivity contribution >= 4 is 33.6 Å². The summed E-state index contributed by atoms with van der Waals surface area (Å²) in [6.07, 6.45) is 4.65. The Morgan fingerprint density at radius 2 is 1.60 bits per heavy atom. The van der Waals surface area contributed by atoms with Gasteiger partial charge in [-0.05, 0) is 76.0 Å². The summed E-state index contributed by atoms with van der Waals surface area (Å²) in [6, 6.07) is 26.4. The van der Waals surface area contributed by atoms with Crippen LogP contribution in [0.25, 0.3) is 21.8 Å². The molecule has 0 saturated heterocycles. The minimum absolute atomic E-state index is 0.150. The molecule has 0 spiro atoms. The molecular weight excluding hydrogens is 590 g/mol. The molecule has 0 unspecified atom stereocenters. The number of esters is 1. The van der Waals surface area contributed by atoms with Crippen LogP contribution in [-0.2, 0) is 40.4 Å². The highest BCUT2D eigenvalue weighted by Crippen LogP contribution is 2.36. The second-order valence-electron chi connectivity index (χ2n) is 12.3. The third kappa shape index (κ3) is 8.84. The van der Waals surface area contributed by atoms with Crippen LogP contribution in [0.3, 0.4) is 0 Å². The third-order valence-electron chi connectivity index (χ3n) is 8.26. The molecular formula is C39H45N3O5. The van der Waals surface area contributed by atoms with Crippen molar-refractivity contribution in [1.29, 1.82) is 0 Å². The van der Waals surface area contributed by atoms with Gasteiger partial charge >= 0.3 is 5.97 Å². The number of rotatable bonds is 17. The second kappa shape index (κ2) is 16.3. The summed E-state index contributed by atoms with van der Waals surface area (Å²) in [7, 11) is 3.73. The molecule has 5 rings (SSSR count). The first-order chi connectivity index (χ1) is 22.8. The van der Waals surface area contributed by atoms with Crippen molar-refractivity contribution in [2.75, 3.05) is 27.2 Å². The van der Waals surface area contributed by atoms with Gasteiger partial charge in [-0.3, -0.25) is 4.79 Å². The van der Waals surface area contributed by atoms with Gasteiger partial charge in [0.05, 0.1) is 31.0 Å². The van der Waals surface area contributed by atoms with Crippen molar-refractivity contribution in [3.63, 3.8) is 0 Å². The Labute approximate surface area is 277 Å². The fourth-order valence-corrected chi connectivity index (χ4v) is 5.89. The first kappa shape index (κ1) is 33.8. The number of carbonyl (C=O) groups excluding carboxylic acids is 2. The molecule has 47 heavy (non-hydrogen) atoms. The number of ketones is 1. The normalized spacial score (nSPS) is 11.5. The maximum Gasteiger partial charge on any atom is 0.357 e. The van der Waals surface area contributed by atoms with Crippen LogP contribution in [0, 0.1) is 0 Å². The van der Waals surface area contributed by atoms with Gasteiger partial charge in [0.1, 0.15) is 12.4 Å². The number of nitrogens with zero attached hydrogens (tertiary/aromatic N) is 3. The Hall–Kier alpha value is -4.53. The molecule has 2 heterocycles. The smallest absolute Gasteiger partial charge is 0.357 e. The van der Waals surface area contributed by atoms with E-state index in [-0.39, 0.29) is 30.7 Å². The molecule has 3 aromatic carbocycles. The number of hydrogen-bond donors (Lipinski definition) is 0. The van der Waals surface area contributed by atoms with Gasteiger partial charge in [-0.1, -0.05) is 60.7 Å². The Kier molecular flexibility index (Phi) is 11.8. The molecule has 0 atom stereocenters. The molecule has 0 fully saturated rings. The standard InChI is InChI=1S/C39H45N3O5/c1-28(2)47-39(44)38-34(27-45-4)37-33-23-32(46-26-30-15-9-6-10-16-30)18-19-35(33)42(36(37)24-40-38)25-31(43)17-11-12-21-41(3)22-20-29-13-7-5-8-14-29/h5-10,13-16,18-19,23-24,28H,11-12,17,20-22,25-27H2,1-4H3. The van der Waals surface area contributed by atoms with E-state index in [1.54, 1.807) is 13.3 Å². The predicted octanol–water partition coefficient (Wildman–Crippen LogP) is 7.39. The van der Waals surface area contributed by atoms with Crippen LogP contribution in [0.15, 0.2) is 85.1 Å². The lowest BCUT2D eigenvalue weighted by atomic mass is 10.1. The summed E-state index contributed by atoms with van der Waals surface area (Å²) in [5, 5.41) is 1.68. The number of fused-ring (bicyclic) bond motifs is 3. The quantitative estimate of drug-likeness (QED) is 0.0778. The lowest BCUT2D eigenvalue weighted by Crippen LogP contribution is -2.22. The highest BCUT2D eigenvalue weighted by Gasteiger charge is 2.24. The van der Waals surface area contributed by atoms with Crippen LogP contribution < -0.4 is 4.74 Å². The van der Waals surface area contributed by atoms with Gasteiger partial charge in [0.15, 0.2) is 11.5 Å². The number of benzene rings is 3. The lowest BCUT2D eigenvalue weighted by Gasteiger charge is -2.16. The molecule has 0 amide bonds. The van der Waals surface area contributed by atoms with E-state index in [0.29, 0.717) is 24.3 Å². The molecule has 8 heteroatoms. The number of methoxy groups -OCH3 is 1. The van der Waals surface area contributed by atoms with E-state index in [4.69, 9.17) is 14.2 Å². The first-order valence-corrected chi connectivity index (χ1v) is 16.4. The van der Waals surface area contributed by atoms with Crippen LogP contribution in [0.4, 0.5) is 0 Å². The van der Waals surface area contributed by atoms with Crippen molar-refractivity contribution in [1.82, 2.24) is 14.5 Å². The van der Waals surface area contributed by atoms with Gasteiger partial charge in [0.25, 0.3) is 0 Å². The summed E-state index contributed by atoms with van der Waals surface area (Å²) < 4.78 is 19.3. The fourth-order valence-electron chi connectivity index (χ4n) is 5.89. The summed E-state index contributed by atoms with van der Waals surface area (Å²) in [6.45, 7) is 6.33. The minimum atomic E-state index is -0.504. The van der Waals surface area contributed by atoms with Crippen molar-refractivity contribution in [3.05, 3.63) is 107 Å². The van der Waals surface area contributed by atoms with E-state index in [1.165, 1.54) is 5.56 Å². The monoisotopic (exact) mass is 635 g/mol. The first-order valence-electron chi connectivity index (χ1n) is 16.4. The Morgan fingerprint density at radius 1 is 0.872 bits per heavy atom. The number of unbranched alkanes of at least 4 members (excludes halogenated alkanes) is 1. The summed E-state index contributed by atoms with van der Waals surface area (Å²) in [4.78, 5) is 33.4. The predicted molar refractivity (Wildman–Crippen MR) is 186 cm³/mol. The Bertz CT molecular complexity index is 1780. The second-order valence-corrected chi connectivity index (χ2v) is 12.3. The molecule has 0 aliphatic heterocycles. The van der Waals surface area contributed by atoms with Crippen LogP contribution in [0.2, 0.25) is 0 Å². The summed E-state index contributed by atoms with van der Waals surface area (Å²) >= 11 is 0. The van der Waals surface area contributed by atoms with Crippen molar-refractivity contribution in [2.45, 2.75) is 65.4 Å². The van der Waals surface area contributed by atoms with Crippen LogP contribution in [-0.4, -0.2) is 59.6 Å². The van der Waals surface area contributed by atoms with Crippen LogP contribution in [0.1, 0.15) is 60.3 Å². The summed E-state index contributed by atoms with van der Waals surface area (Å²) in [5.41, 5.74) is 4.88. The number of hydrogen-bond acceptors (Lipinski definition) is 7. The maximum atomic E-state index is 13.4. The largest absolute Gasteiger partial charge is 0.489 e. The van der Waals surface area contributed by atoms with Crippen LogP contribution in [0.5, 0.6) is 5.75 Å². The molecule has 0 radical (unpaired) electrons. The van der Waals surface area contributed by atoms with E-state index in [0.717, 1.165) is 59.7 Å². The zero-order chi connectivity index (χ0) is 33.2. The van der Waals surface area contributed by atoms with E-state index >= 15 is 0 Å². The van der Waals surface area contributed by atoms with E-state index in [1.807, 2.05) is 73.0 Å². The van der Waals surface area contributed by atoms with E-state index < -0.39 is 5.97 Å². The minimum Gasteiger partial charge on any atom is -0.489 e. The average molecular weight is 636 g/mol. The Balaban J connectivity index is 1.36. The van der Waals surface area contributed by atoms with Crippen molar-refractivity contribution < 1.29 is 23.8 Å². The number of likely N-dealkylation sites (N-methyl/N-ethyl adjacent to an activating group) is 1. The number of carbonyl (C=O) groups is 2. The number of ether oxygens (including phenoxy) is 3. The van der Waals surface area contributed by atoms with E-state index in [2.05, 4.69) is 41.2 Å². The molecule has 0 aliphatic rings. The highest BCUT2D eigenvalue weighted by atomic mass is 16.5. The molecule has 246 valence electrons. The molecule has 5 aromatic rings. The topological polar surface area (TPSA) is 82.9 Å². The molecule has 0 N–H and O–H groups in total.